The van der Waals surface area contributed by atoms with Crippen molar-refractivity contribution < 1.29 is 18.0 Å². The molecule has 3 aromatic carbocycles. The SMILES string of the molecule is O=C(Nc1cccc(Cl)c1)[C@@H]1[C@@H](c2ccccc2C(F)(F)F)NC(=S)C[C@H]1c1cccc(Cl)c1. The van der Waals surface area contributed by atoms with E-state index in [-0.39, 0.29) is 12.0 Å². The predicted octanol–water partition coefficient (Wildman–Crippen LogP) is 7.41. The minimum atomic E-state index is -4.60. The number of hydrogen-bond donors (Lipinski definition) is 2. The molecule has 0 aliphatic carbocycles. The molecule has 0 aromatic heterocycles. The molecule has 176 valence electrons. The van der Waals surface area contributed by atoms with Gasteiger partial charge in [-0.25, -0.2) is 0 Å². The fourth-order valence-electron chi connectivity index (χ4n) is 4.37. The van der Waals surface area contributed by atoms with E-state index in [1.165, 1.54) is 18.2 Å². The number of rotatable bonds is 4. The first-order chi connectivity index (χ1) is 16.1. The van der Waals surface area contributed by atoms with Crippen molar-refractivity contribution in [3.8, 4) is 0 Å². The van der Waals surface area contributed by atoms with Crippen LogP contribution < -0.4 is 10.6 Å². The highest BCUT2D eigenvalue weighted by Gasteiger charge is 2.45. The lowest BCUT2D eigenvalue weighted by molar-refractivity contribution is -0.139. The number of nitrogens with one attached hydrogen (secondary N) is 2. The number of amides is 1. The second kappa shape index (κ2) is 9.94. The van der Waals surface area contributed by atoms with E-state index in [9.17, 15) is 18.0 Å². The van der Waals surface area contributed by atoms with Gasteiger partial charge in [0.1, 0.15) is 0 Å². The number of alkyl halides is 3. The summed E-state index contributed by atoms with van der Waals surface area (Å²) in [5.74, 6) is -1.88. The summed E-state index contributed by atoms with van der Waals surface area (Å²) in [6, 6.07) is 17.8. The minimum Gasteiger partial charge on any atom is -0.372 e. The standard InChI is InChI=1S/C25H19Cl2F3N2OS/c26-15-6-3-5-14(11-15)19-13-21(34)32-23(18-9-1-2-10-20(18)25(28,29)30)22(19)24(33)31-17-8-4-7-16(27)12-17/h1-12,19,22-23H,13H2,(H,31,33)(H,32,34)/t19-,22-,23+/m0/s1. The first kappa shape index (κ1) is 24.5. The summed E-state index contributed by atoms with van der Waals surface area (Å²) in [4.78, 5) is 14.0. The molecule has 0 spiro atoms. The molecule has 3 nitrogen and oxygen atoms in total. The normalized spacial score (nSPS) is 20.5. The van der Waals surface area contributed by atoms with E-state index in [4.69, 9.17) is 35.4 Å². The molecule has 2 N–H and O–H groups in total. The molecule has 0 unspecified atom stereocenters. The van der Waals surface area contributed by atoms with Gasteiger partial charge < -0.3 is 10.6 Å². The van der Waals surface area contributed by atoms with Gasteiger partial charge in [0.15, 0.2) is 0 Å². The summed E-state index contributed by atoms with van der Waals surface area (Å²) >= 11 is 17.7. The molecular formula is C25H19Cl2F3N2OS. The van der Waals surface area contributed by atoms with Crippen LogP contribution in [0.15, 0.2) is 72.8 Å². The van der Waals surface area contributed by atoms with Crippen molar-refractivity contribution in [2.24, 2.45) is 5.92 Å². The third-order valence-corrected chi connectivity index (χ3v) is 6.54. The maximum Gasteiger partial charge on any atom is 0.416 e. The number of piperidine rings is 1. The highest BCUT2D eigenvalue weighted by Crippen LogP contribution is 2.45. The number of benzene rings is 3. The number of carbonyl (C=O) groups excluding carboxylic acids is 1. The zero-order chi connectivity index (χ0) is 24.5. The van der Waals surface area contributed by atoms with E-state index >= 15 is 0 Å². The summed E-state index contributed by atoms with van der Waals surface area (Å²) < 4.78 is 41.7. The number of carbonyl (C=O) groups is 1. The third kappa shape index (κ3) is 5.37. The Morgan fingerprint density at radius 1 is 0.971 bits per heavy atom. The smallest absolute Gasteiger partial charge is 0.372 e. The van der Waals surface area contributed by atoms with Crippen LogP contribution >= 0.6 is 35.4 Å². The van der Waals surface area contributed by atoms with Gasteiger partial charge in [-0.05, 0) is 47.5 Å². The van der Waals surface area contributed by atoms with Crippen molar-refractivity contribution in [3.05, 3.63) is 99.5 Å². The molecule has 0 saturated carbocycles. The fraction of sp³-hybridized carbons (Fsp3) is 0.200. The first-order valence-electron chi connectivity index (χ1n) is 10.4. The molecule has 1 fully saturated rings. The van der Waals surface area contributed by atoms with E-state index in [1.54, 1.807) is 48.5 Å². The summed E-state index contributed by atoms with van der Waals surface area (Å²) in [5.41, 5.74) is 0.299. The molecule has 9 heteroatoms. The predicted molar refractivity (Wildman–Crippen MR) is 132 cm³/mol. The van der Waals surface area contributed by atoms with Crippen molar-refractivity contribution in [1.82, 2.24) is 5.32 Å². The second-order valence-electron chi connectivity index (χ2n) is 8.02. The van der Waals surface area contributed by atoms with Crippen LogP contribution in [-0.4, -0.2) is 10.9 Å². The van der Waals surface area contributed by atoms with E-state index in [2.05, 4.69) is 10.6 Å². The maximum absolute atomic E-state index is 13.9. The van der Waals surface area contributed by atoms with Crippen LogP contribution in [0.25, 0.3) is 0 Å². The van der Waals surface area contributed by atoms with Gasteiger partial charge in [0.25, 0.3) is 0 Å². The summed E-state index contributed by atoms with van der Waals surface area (Å²) in [6.45, 7) is 0. The molecule has 3 aromatic rings. The molecule has 4 rings (SSSR count). The van der Waals surface area contributed by atoms with E-state index in [0.29, 0.717) is 20.7 Å². The van der Waals surface area contributed by atoms with Crippen LogP contribution in [-0.2, 0) is 11.0 Å². The molecule has 34 heavy (non-hydrogen) atoms. The molecular weight excluding hydrogens is 504 g/mol. The van der Waals surface area contributed by atoms with E-state index < -0.39 is 35.5 Å². The van der Waals surface area contributed by atoms with E-state index in [0.717, 1.165) is 11.6 Å². The van der Waals surface area contributed by atoms with Crippen LogP contribution in [0.3, 0.4) is 0 Å². The lowest BCUT2D eigenvalue weighted by atomic mass is 9.73. The maximum atomic E-state index is 13.9. The van der Waals surface area contributed by atoms with Crippen LogP contribution in [0.2, 0.25) is 10.0 Å². The number of anilines is 1. The Hall–Kier alpha value is -2.61. The number of thiocarbonyl (C=S) groups is 1. The van der Waals surface area contributed by atoms with Crippen molar-refractivity contribution >= 4 is 52.0 Å². The Labute approximate surface area is 210 Å². The van der Waals surface area contributed by atoms with Gasteiger partial charge >= 0.3 is 6.18 Å². The Bertz CT molecular complexity index is 1230. The Morgan fingerprint density at radius 2 is 1.65 bits per heavy atom. The van der Waals surface area contributed by atoms with Gasteiger partial charge in [0.2, 0.25) is 5.91 Å². The van der Waals surface area contributed by atoms with Crippen LogP contribution in [0.1, 0.15) is 35.1 Å². The quantitative estimate of drug-likeness (QED) is 0.350. The van der Waals surface area contributed by atoms with Gasteiger partial charge in [-0.1, -0.05) is 71.8 Å². The third-order valence-electron chi connectivity index (χ3n) is 5.79. The van der Waals surface area contributed by atoms with Crippen molar-refractivity contribution in [2.75, 3.05) is 5.32 Å². The minimum absolute atomic E-state index is 0.0460. The summed E-state index contributed by atoms with van der Waals surface area (Å²) in [5, 5.41) is 6.70. The van der Waals surface area contributed by atoms with E-state index in [1.807, 2.05) is 0 Å². The van der Waals surface area contributed by atoms with Gasteiger partial charge in [0, 0.05) is 28.1 Å². The highest BCUT2D eigenvalue weighted by atomic mass is 35.5. The number of hydrogen-bond acceptors (Lipinski definition) is 2. The number of halogens is 5. The molecule has 0 radical (unpaired) electrons. The van der Waals surface area contributed by atoms with Crippen LogP contribution in [0.5, 0.6) is 0 Å². The molecule has 1 saturated heterocycles. The zero-order valence-corrected chi connectivity index (χ0v) is 19.9. The lowest BCUT2D eigenvalue weighted by Crippen LogP contribution is -2.47. The van der Waals surface area contributed by atoms with Crippen molar-refractivity contribution in [1.29, 1.82) is 0 Å². The van der Waals surface area contributed by atoms with Crippen molar-refractivity contribution in [3.63, 3.8) is 0 Å². The highest BCUT2D eigenvalue weighted by molar-refractivity contribution is 7.80. The van der Waals surface area contributed by atoms with Gasteiger partial charge in [-0.3, -0.25) is 4.79 Å². The fourth-order valence-corrected chi connectivity index (χ4v) is 5.06. The Morgan fingerprint density at radius 3 is 2.32 bits per heavy atom. The first-order valence-corrected chi connectivity index (χ1v) is 11.6. The molecule has 1 heterocycles. The lowest BCUT2D eigenvalue weighted by Gasteiger charge is -2.40. The zero-order valence-electron chi connectivity index (χ0n) is 17.6. The largest absolute Gasteiger partial charge is 0.416 e. The Balaban J connectivity index is 1.83. The molecule has 3 atom stereocenters. The molecule has 1 aliphatic rings. The molecule has 1 aliphatic heterocycles. The summed E-state index contributed by atoms with van der Waals surface area (Å²) in [7, 11) is 0. The second-order valence-corrected chi connectivity index (χ2v) is 9.39. The van der Waals surface area contributed by atoms with Crippen LogP contribution in [0.4, 0.5) is 18.9 Å². The average Bonchev–Trinajstić information content (AvgIpc) is 2.78. The Kier molecular flexibility index (Phi) is 7.17. The van der Waals surface area contributed by atoms with Crippen LogP contribution in [0, 0.1) is 5.92 Å². The van der Waals surface area contributed by atoms with Gasteiger partial charge in [0.05, 0.1) is 22.5 Å². The van der Waals surface area contributed by atoms with Gasteiger partial charge in [-0.2, -0.15) is 13.2 Å². The molecule has 0 bridgehead atoms. The monoisotopic (exact) mass is 522 g/mol. The van der Waals surface area contributed by atoms with Gasteiger partial charge in [-0.15, -0.1) is 0 Å². The average molecular weight is 523 g/mol. The molecule has 1 amide bonds. The topological polar surface area (TPSA) is 41.1 Å². The summed E-state index contributed by atoms with van der Waals surface area (Å²) in [6.07, 6.45) is -4.31. The van der Waals surface area contributed by atoms with Crippen molar-refractivity contribution in [2.45, 2.75) is 24.6 Å².